The number of nitrogens with one attached hydrogen (secondary N) is 1. The van der Waals surface area contributed by atoms with Crippen LogP contribution in [0.4, 0.5) is 0 Å². The molecule has 0 bridgehead atoms. The van der Waals surface area contributed by atoms with Gasteiger partial charge in [-0.3, -0.25) is 0 Å². The van der Waals surface area contributed by atoms with E-state index in [2.05, 4.69) is 36.3 Å². The van der Waals surface area contributed by atoms with Crippen molar-refractivity contribution in [3.63, 3.8) is 0 Å². The maximum atomic E-state index is 5.93. The highest BCUT2D eigenvalue weighted by atomic mass is 16.5. The lowest BCUT2D eigenvalue weighted by Crippen LogP contribution is -2.16. The molecule has 0 amide bonds. The van der Waals surface area contributed by atoms with Gasteiger partial charge in [0.1, 0.15) is 5.75 Å². The molecule has 1 heterocycles. The minimum absolute atomic E-state index is 0.663. The van der Waals surface area contributed by atoms with E-state index in [4.69, 9.17) is 4.74 Å². The van der Waals surface area contributed by atoms with E-state index in [-0.39, 0.29) is 0 Å². The molecule has 0 radical (unpaired) electrons. The number of pyridine rings is 1. The quantitative estimate of drug-likeness (QED) is 0.898. The second-order valence-electron chi connectivity index (χ2n) is 5.85. The number of rotatable bonds is 5. The number of hydrogen-bond acceptors (Lipinski definition) is 3. The number of aryl methyl sites for hydroxylation is 2. The number of ether oxygens (including phenoxy) is 1. The van der Waals surface area contributed by atoms with Gasteiger partial charge in [-0.05, 0) is 56.4 Å². The Morgan fingerprint density at radius 2 is 1.95 bits per heavy atom. The van der Waals surface area contributed by atoms with Crippen molar-refractivity contribution in [1.82, 2.24) is 10.3 Å². The summed E-state index contributed by atoms with van der Waals surface area (Å²) in [5.41, 5.74) is 4.67. The summed E-state index contributed by atoms with van der Waals surface area (Å²) in [7, 11) is 0. The third-order valence-electron chi connectivity index (χ3n) is 4.10. The molecular weight excluding hydrogens is 260 g/mol. The molecule has 2 aromatic rings. The zero-order valence-electron chi connectivity index (χ0n) is 12.9. The third kappa shape index (κ3) is 3.42. The Hall–Kier alpha value is -1.87. The molecule has 3 heteroatoms. The standard InChI is InChI=1S/C18H22N2O/c1-12-5-4-6-17(13(12)2)21-18-10-7-15(14(3)20-18)11-19-16-8-9-16/h4-7,10,16,19H,8-9,11H2,1-3H3. The summed E-state index contributed by atoms with van der Waals surface area (Å²) < 4.78 is 5.93. The lowest BCUT2D eigenvalue weighted by atomic mass is 10.1. The third-order valence-corrected chi connectivity index (χ3v) is 4.10. The van der Waals surface area contributed by atoms with E-state index >= 15 is 0 Å². The van der Waals surface area contributed by atoms with Crippen LogP contribution in [0, 0.1) is 20.8 Å². The number of benzene rings is 1. The summed E-state index contributed by atoms with van der Waals surface area (Å²) in [4.78, 5) is 4.58. The fourth-order valence-corrected chi connectivity index (χ4v) is 2.30. The first-order valence-corrected chi connectivity index (χ1v) is 7.57. The number of hydrogen-bond donors (Lipinski definition) is 1. The molecule has 1 saturated carbocycles. The van der Waals surface area contributed by atoms with Crippen molar-refractivity contribution in [2.45, 2.75) is 46.2 Å². The van der Waals surface area contributed by atoms with Crippen LogP contribution in [-0.4, -0.2) is 11.0 Å². The van der Waals surface area contributed by atoms with E-state index in [0.717, 1.165) is 29.6 Å². The predicted molar refractivity (Wildman–Crippen MR) is 84.8 cm³/mol. The molecule has 21 heavy (non-hydrogen) atoms. The molecule has 1 fully saturated rings. The van der Waals surface area contributed by atoms with Gasteiger partial charge in [0.2, 0.25) is 5.88 Å². The SMILES string of the molecule is Cc1cccc(Oc2ccc(CNC3CC3)c(C)n2)c1C. The van der Waals surface area contributed by atoms with Crippen LogP contribution in [0.25, 0.3) is 0 Å². The van der Waals surface area contributed by atoms with E-state index in [1.807, 2.05) is 25.1 Å². The van der Waals surface area contributed by atoms with Crippen LogP contribution in [0.15, 0.2) is 30.3 Å². The van der Waals surface area contributed by atoms with Crippen molar-refractivity contribution >= 4 is 0 Å². The highest BCUT2D eigenvalue weighted by Crippen LogP contribution is 2.26. The first kappa shape index (κ1) is 14.1. The van der Waals surface area contributed by atoms with Crippen molar-refractivity contribution in [3.05, 3.63) is 52.7 Å². The summed E-state index contributed by atoms with van der Waals surface area (Å²) in [6, 6.07) is 10.9. The monoisotopic (exact) mass is 282 g/mol. The van der Waals surface area contributed by atoms with Gasteiger partial charge < -0.3 is 10.1 Å². The van der Waals surface area contributed by atoms with Crippen LogP contribution in [0.3, 0.4) is 0 Å². The Bertz CT molecular complexity index is 648. The second kappa shape index (κ2) is 5.86. The first-order valence-electron chi connectivity index (χ1n) is 7.57. The fourth-order valence-electron chi connectivity index (χ4n) is 2.30. The summed E-state index contributed by atoms with van der Waals surface area (Å²) in [6.45, 7) is 7.10. The molecule has 1 aromatic heterocycles. The molecule has 0 atom stereocenters. The van der Waals surface area contributed by atoms with E-state index in [1.165, 1.54) is 24.0 Å². The topological polar surface area (TPSA) is 34.1 Å². The van der Waals surface area contributed by atoms with E-state index < -0.39 is 0 Å². The normalized spacial score (nSPS) is 14.2. The van der Waals surface area contributed by atoms with Gasteiger partial charge in [0.15, 0.2) is 0 Å². The predicted octanol–water partition coefficient (Wildman–Crippen LogP) is 4.05. The van der Waals surface area contributed by atoms with Crippen LogP contribution < -0.4 is 10.1 Å². The van der Waals surface area contributed by atoms with Crippen LogP contribution in [-0.2, 0) is 6.54 Å². The van der Waals surface area contributed by atoms with Gasteiger partial charge in [-0.15, -0.1) is 0 Å². The van der Waals surface area contributed by atoms with Gasteiger partial charge >= 0.3 is 0 Å². The van der Waals surface area contributed by atoms with Crippen molar-refractivity contribution in [2.24, 2.45) is 0 Å². The molecule has 3 rings (SSSR count). The van der Waals surface area contributed by atoms with Crippen LogP contribution >= 0.6 is 0 Å². The molecular formula is C18H22N2O. The Kier molecular flexibility index (Phi) is 3.93. The van der Waals surface area contributed by atoms with E-state index in [1.54, 1.807) is 0 Å². The highest BCUT2D eigenvalue weighted by molar-refractivity contribution is 5.40. The molecule has 0 unspecified atom stereocenters. The minimum atomic E-state index is 0.663. The Balaban J connectivity index is 1.73. The molecule has 1 N–H and O–H groups in total. The summed E-state index contributed by atoms with van der Waals surface area (Å²) >= 11 is 0. The number of aromatic nitrogens is 1. The van der Waals surface area contributed by atoms with E-state index in [9.17, 15) is 0 Å². The zero-order valence-corrected chi connectivity index (χ0v) is 12.9. The lowest BCUT2D eigenvalue weighted by Gasteiger charge is -2.12. The lowest BCUT2D eigenvalue weighted by molar-refractivity contribution is 0.457. The van der Waals surface area contributed by atoms with Gasteiger partial charge in [-0.1, -0.05) is 18.2 Å². The van der Waals surface area contributed by atoms with Gasteiger partial charge in [-0.25, -0.2) is 4.98 Å². The van der Waals surface area contributed by atoms with Crippen LogP contribution in [0.2, 0.25) is 0 Å². The zero-order chi connectivity index (χ0) is 14.8. The minimum Gasteiger partial charge on any atom is -0.439 e. The Morgan fingerprint density at radius 1 is 1.14 bits per heavy atom. The number of nitrogens with zero attached hydrogens (tertiary/aromatic N) is 1. The molecule has 110 valence electrons. The van der Waals surface area contributed by atoms with Crippen molar-refractivity contribution in [1.29, 1.82) is 0 Å². The molecule has 1 aliphatic rings. The van der Waals surface area contributed by atoms with Crippen molar-refractivity contribution < 1.29 is 4.74 Å². The average Bonchev–Trinajstić information content (AvgIpc) is 3.27. The van der Waals surface area contributed by atoms with Gasteiger partial charge in [0.25, 0.3) is 0 Å². The summed E-state index contributed by atoms with van der Waals surface area (Å²) in [6.07, 6.45) is 2.61. The Morgan fingerprint density at radius 3 is 2.67 bits per heavy atom. The molecule has 1 aromatic carbocycles. The molecule has 1 aliphatic carbocycles. The smallest absolute Gasteiger partial charge is 0.219 e. The molecule has 0 saturated heterocycles. The summed E-state index contributed by atoms with van der Waals surface area (Å²) in [5.74, 6) is 1.54. The van der Waals surface area contributed by atoms with Gasteiger partial charge in [-0.2, -0.15) is 0 Å². The van der Waals surface area contributed by atoms with Crippen molar-refractivity contribution in [2.75, 3.05) is 0 Å². The average molecular weight is 282 g/mol. The second-order valence-corrected chi connectivity index (χ2v) is 5.85. The largest absolute Gasteiger partial charge is 0.439 e. The maximum absolute atomic E-state index is 5.93. The van der Waals surface area contributed by atoms with Crippen LogP contribution in [0.5, 0.6) is 11.6 Å². The van der Waals surface area contributed by atoms with Gasteiger partial charge in [0, 0.05) is 24.3 Å². The van der Waals surface area contributed by atoms with E-state index in [0.29, 0.717) is 5.88 Å². The van der Waals surface area contributed by atoms with Crippen LogP contribution in [0.1, 0.15) is 35.2 Å². The Labute approximate surface area is 126 Å². The highest BCUT2D eigenvalue weighted by Gasteiger charge is 2.20. The first-order chi connectivity index (χ1) is 10.1. The van der Waals surface area contributed by atoms with Crippen molar-refractivity contribution in [3.8, 4) is 11.6 Å². The van der Waals surface area contributed by atoms with Gasteiger partial charge in [0.05, 0.1) is 0 Å². The fraction of sp³-hybridized carbons (Fsp3) is 0.389. The maximum Gasteiger partial charge on any atom is 0.219 e. The molecule has 0 spiro atoms. The molecule has 3 nitrogen and oxygen atoms in total. The summed E-state index contributed by atoms with van der Waals surface area (Å²) in [5, 5.41) is 3.52. The molecule has 0 aliphatic heterocycles.